The zero-order valence-corrected chi connectivity index (χ0v) is 13.1. The Bertz CT molecular complexity index is 601. The Balaban J connectivity index is 2.31. The molecule has 2 aromatic carbocycles. The van der Waals surface area contributed by atoms with Gasteiger partial charge in [0, 0.05) is 23.8 Å². The van der Waals surface area contributed by atoms with Crippen LogP contribution in [0, 0.1) is 5.82 Å². The number of nitrogens with one attached hydrogen (secondary N) is 1. The summed E-state index contributed by atoms with van der Waals surface area (Å²) in [5.41, 5.74) is 2.51. The number of hydrogen-bond acceptors (Lipinski definition) is 2. The standard InChI is InChI=1S/C17H20ClFN2/c1-3-20-12-13-9-10-14(11-15(13)18)21(4-2)17-8-6-5-7-16(17)19/h5-11,20H,3-4,12H2,1-2H3. The van der Waals surface area contributed by atoms with Crippen LogP contribution in [-0.2, 0) is 6.54 Å². The topological polar surface area (TPSA) is 15.3 Å². The van der Waals surface area contributed by atoms with Crippen LogP contribution in [0.3, 0.4) is 0 Å². The van der Waals surface area contributed by atoms with Gasteiger partial charge in [0.2, 0.25) is 0 Å². The van der Waals surface area contributed by atoms with Crippen LogP contribution in [0.4, 0.5) is 15.8 Å². The average molecular weight is 307 g/mol. The van der Waals surface area contributed by atoms with E-state index in [4.69, 9.17) is 11.6 Å². The van der Waals surface area contributed by atoms with E-state index in [1.54, 1.807) is 12.1 Å². The van der Waals surface area contributed by atoms with E-state index in [0.717, 1.165) is 24.3 Å². The molecule has 0 bridgehead atoms. The van der Waals surface area contributed by atoms with E-state index in [2.05, 4.69) is 12.2 Å². The predicted molar refractivity (Wildman–Crippen MR) is 87.9 cm³/mol. The molecule has 0 aliphatic heterocycles. The molecule has 4 heteroatoms. The van der Waals surface area contributed by atoms with Gasteiger partial charge in [0.15, 0.2) is 0 Å². The van der Waals surface area contributed by atoms with Gasteiger partial charge < -0.3 is 10.2 Å². The second-order valence-corrected chi connectivity index (χ2v) is 5.16. The Hall–Kier alpha value is -1.58. The molecule has 0 heterocycles. The lowest BCUT2D eigenvalue weighted by molar-refractivity contribution is 0.625. The van der Waals surface area contributed by atoms with Crippen LogP contribution >= 0.6 is 11.6 Å². The Morgan fingerprint density at radius 2 is 1.90 bits per heavy atom. The van der Waals surface area contributed by atoms with Gasteiger partial charge in [-0.2, -0.15) is 0 Å². The summed E-state index contributed by atoms with van der Waals surface area (Å²) < 4.78 is 14.0. The molecule has 0 aliphatic rings. The van der Waals surface area contributed by atoms with E-state index < -0.39 is 0 Å². The molecule has 2 aromatic rings. The summed E-state index contributed by atoms with van der Waals surface area (Å²) in [5.74, 6) is -0.229. The van der Waals surface area contributed by atoms with Crippen molar-refractivity contribution >= 4 is 23.0 Å². The van der Waals surface area contributed by atoms with Gasteiger partial charge in [-0.15, -0.1) is 0 Å². The summed E-state index contributed by atoms with van der Waals surface area (Å²) in [7, 11) is 0. The molecular weight excluding hydrogens is 287 g/mol. The van der Waals surface area contributed by atoms with Gasteiger partial charge >= 0.3 is 0 Å². The van der Waals surface area contributed by atoms with Crippen LogP contribution in [0.2, 0.25) is 5.02 Å². The third-order valence-corrected chi connectivity index (χ3v) is 3.73. The van der Waals surface area contributed by atoms with Gasteiger partial charge in [0.25, 0.3) is 0 Å². The number of halogens is 2. The summed E-state index contributed by atoms with van der Waals surface area (Å²) in [6.07, 6.45) is 0. The SMILES string of the molecule is CCNCc1ccc(N(CC)c2ccccc2F)cc1Cl. The summed E-state index contributed by atoms with van der Waals surface area (Å²) in [6, 6.07) is 12.6. The second-order valence-electron chi connectivity index (χ2n) is 4.75. The zero-order chi connectivity index (χ0) is 15.2. The van der Waals surface area contributed by atoms with Crippen LogP contribution in [0.25, 0.3) is 0 Å². The van der Waals surface area contributed by atoms with Crippen molar-refractivity contribution < 1.29 is 4.39 Å². The van der Waals surface area contributed by atoms with Crippen LogP contribution in [-0.4, -0.2) is 13.1 Å². The molecule has 0 unspecified atom stereocenters. The molecule has 21 heavy (non-hydrogen) atoms. The highest BCUT2D eigenvalue weighted by Crippen LogP contribution is 2.30. The molecular formula is C17H20ClFN2. The van der Waals surface area contributed by atoms with E-state index >= 15 is 0 Å². The normalized spacial score (nSPS) is 10.7. The molecule has 0 fully saturated rings. The van der Waals surface area contributed by atoms with Crippen molar-refractivity contribution in [3.05, 3.63) is 58.9 Å². The van der Waals surface area contributed by atoms with Crippen molar-refractivity contribution in [1.29, 1.82) is 0 Å². The maximum absolute atomic E-state index is 14.0. The number of rotatable bonds is 6. The highest BCUT2D eigenvalue weighted by atomic mass is 35.5. The van der Waals surface area contributed by atoms with Crippen molar-refractivity contribution in [3.63, 3.8) is 0 Å². The molecule has 0 saturated carbocycles. The summed E-state index contributed by atoms with van der Waals surface area (Å²) in [6.45, 7) is 6.35. The molecule has 0 amide bonds. The summed E-state index contributed by atoms with van der Waals surface area (Å²) >= 11 is 6.33. The van der Waals surface area contributed by atoms with Gasteiger partial charge in [-0.3, -0.25) is 0 Å². The fourth-order valence-electron chi connectivity index (χ4n) is 2.27. The van der Waals surface area contributed by atoms with E-state index in [-0.39, 0.29) is 5.82 Å². The lowest BCUT2D eigenvalue weighted by Crippen LogP contribution is -2.18. The third kappa shape index (κ3) is 3.74. The molecule has 0 saturated heterocycles. The van der Waals surface area contributed by atoms with E-state index in [1.807, 2.05) is 36.1 Å². The van der Waals surface area contributed by atoms with Gasteiger partial charge in [0.05, 0.1) is 5.69 Å². The maximum atomic E-state index is 14.0. The molecule has 0 radical (unpaired) electrons. The van der Waals surface area contributed by atoms with Crippen molar-refractivity contribution in [3.8, 4) is 0 Å². The second kappa shape index (κ2) is 7.43. The molecule has 0 atom stereocenters. The van der Waals surface area contributed by atoms with Crippen LogP contribution in [0.1, 0.15) is 19.4 Å². The van der Waals surface area contributed by atoms with E-state index in [0.29, 0.717) is 17.3 Å². The maximum Gasteiger partial charge on any atom is 0.146 e. The van der Waals surface area contributed by atoms with Crippen molar-refractivity contribution in [1.82, 2.24) is 5.32 Å². The number of para-hydroxylation sites is 1. The highest BCUT2D eigenvalue weighted by Gasteiger charge is 2.12. The number of nitrogens with zero attached hydrogens (tertiary/aromatic N) is 1. The van der Waals surface area contributed by atoms with Crippen LogP contribution in [0.5, 0.6) is 0 Å². The zero-order valence-electron chi connectivity index (χ0n) is 12.4. The first kappa shape index (κ1) is 15.8. The van der Waals surface area contributed by atoms with Crippen molar-refractivity contribution in [2.24, 2.45) is 0 Å². The smallest absolute Gasteiger partial charge is 0.146 e. The van der Waals surface area contributed by atoms with Crippen molar-refractivity contribution in [2.75, 3.05) is 18.0 Å². The predicted octanol–water partition coefficient (Wildman–Crippen LogP) is 4.75. The largest absolute Gasteiger partial charge is 0.339 e. The summed E-state index contributed by atoms with van der Waals surface area (Å²) in [5, 5.41) is 3.95. The highest BCUT2D eigenvalue weighted by molar-refractivity contribution is 6.31. The minimum Gasteiger partial charge on any atom is -0.339 e. The molecule has 2 rings (SSSR count). The van der Waals surface area contributed by atoms with Gasteiger partial charge in [-0.25, -0.2) is 4.39 Å². The monoisotopic (exact) mass is 306 g/mol. The van der Waals surface area contributed by atoms with E-state index in [1.165, 1.54) is 6.07 Å². The molecule has 0 aromatic heterocycles. The first-order chi connectivity index (χ1) is 10.2. The number of benzene rings is 2. The number of anilines is 2. The molecule has 2 nitrogen and oxygen atoms in total. The van der Waals surface area contributed by atoms with E-state index in [9.17, 15) is 4.39 Å². The van der Waals surface area contributed by atoms with Gasteiger partial charge in [0.1, 0.15) is 5.82 Å². The average Bonchev–Trinajstić information content (AvgIpc) is 2.49. The fourth-order valence-corrected chi connectivity index (χ4v) is 2.51. The molecule has 1 N–H and O–H groups in total. The molecule has 0 spiro atoms. The number of hydrogen-bond donors (Lipinski definition) is 1. The van der Waals surface area contributed by atoms with Gasteiger partial charge in [-0.1, -0.05) is 36.7 Å². The minimum atomic E-state index is -0.229. The third-order valence-electron chi connectivity index (χ3n) is 3.37. The first-order valence-corrected chi connectivity index (χ1v) is 7.56. The first-order valence-electron chi connectivity index (χ1n) is 7.18. The minimum absolute atomic E-state index is 0.229. The van der Waals surface area contributed by atoms with Crippen molar-refractivity contribution in [2.45, 2.75) is 20.4 Å². The molecule has 0 aliphatic carbocycles. The quantitative estimate of drug-likeness (QED) is 0.828. The van der Waals surface area contributed by atoms with Crippen LogP contribution < -0.4 is 10.2 Å². The Morgan fingerprint density at radius 3 is 2.52 bits per heavy atom. The van der Waals surface area contributed by atoms with Crippen LogP contribution in [0.15, 0.2) is 42.5 Å². The molecule has 112 valence electrons. The Morgan fingerprint density at radius 1 is 1.14 bits per heavy atom. The van der Waals surface area contributed by atoms with Gasteiger partial charge in [-0.05, 0) is 43.3 Å². The lowest BCUT2D eigenvalue weighted by atomic mass is 10.1. The fraction of sp³-hybridized carbons (Fsp3) is 0.294. The Labute approximate surface area is 130 Å². The summed E-state index contributed by atoms with van der Waals surface area (Å²) in [4.78, 5) is 1.91. The Kier molecular flexibility index (Phi) is 5.59. The lowest BCUT2D eigenvalue weighted by Gasteiger charge is -2.24.